The Morgan fingerprint density at radius 1 is 1.12 bits per heavy atom. The highest BCUT2D eigenvalue weighted by molar-refractivity contribution is 8.16. The molecule has 26 heavy (non-hydrogen) atoms. The first-order valence-electron chi connectivity index (χ1n) is 8.95. The van der Waals surface area contributed by atoms with Gasteiger partial charge in [0.1, 0.15) is 5.75 Å². The number of benzene rings is 1. The number of hydrogen-bond donors (Lipinski definition) is 2. The zero-order valence-electron chi connectivity index (χ0n) is 17.0. The molecule has 1 aliphatic heterocycles. The molecule has 0 radical (unpaired) electrons. The average molecular weight is 377 g/mol. The summed E-state index contributed by atoms with van der Waals surface area (Å²) in [5, 5.41) is 10.7. The fraction of sp³-hybridized carbons (Fsp3) is 0.524. The minimum atomic E-state index is -0.201. The van der Waals surface area contributed by atoms with Crippen molar-refractivity contribution in [2.24, 2.45) is 10.7 Å². The minimum absolute atomic E-state index is 0.179. The van der Waals surface area contributed by atoms with E-state index in [2.05, 4.69) is 53.5 Å². The number of phenolic OH excluding ortho intramolecular Hbond substituents is 1. The zero-order valence-corrected chi connectivity index (χ0v) is 17.8. The molecule has 144 valence electrons. The number of carbonyl (C=O) groups is 1. The molecule has 0 aromatic heterocycles. The highest BCUT2D eigenvalue weighted by Gasteiger charge is 2.26. The Bertz CT molecular complexity index is 671. The standard InChI is InChI=1S/C18H23NO2S.C3H9N/c1-17(2,3)12-7-11(9-14-16(21)19-10-22-14)8-13(15(12)20)18(4,5)6;1-2-3-4/h7-10,20H,1-6H3;2-4H2,1H3/b14-9-;. The molecule has 0 unspecified atom stereocenters. The maximum Gasteiger partial charge on any atom is 0.284 e. The second-order valence-corrected chi connectivity index (χ2v) is 9.31. The lowest BCUT2D eigenvalue weighted by molar-refractivity contribution is -0.113. The van der Waals surface area contributed by atoms with Crippen molar-refractivity contribution >= 4 is 29.3 Å². The van der Waals surface area contributed by atoms with Gasteiger partial charge in [0.05, 0.1) is 10.5 Å². The molecule has 1 heterocycles. The highest BCUT2D eigenvalue weighted by atomic mass is 32.2. The number of nitrogens with two attached hydrogens (primary N) is 1. The summed E-state index contributed by atoms with van der Waals surface area (Å²) in [5.41, 5.74) is 8.94. The fourth-order valence-corrected chi connectivity index (χ4v) is 3.00. The van der Waals surface area contributed by atoms with E-state index >= 15 is 0 Å². The van der Waals surface area contributed by atoms with Crippen molar-refractivity contribution in [3.05, 3.63) is 33.7 Å². The van der Waals surface area contributed by atoms with Gasteiger partial charge in [-0.05, 0) is 47.6 Å². The Balaban J connectivity index is 0.000000765. The first kappa shape index (κ1) is 22.5. The summed E-state index contributed by atoms with van der Waals surface area (Å²) in [6, 6.07) is 3.92. The van der Waals surface area contributed by atoms with E-state index < -0.39 is 0 Å². The van der Waals surface area contributed by atoms with Crippen LogP contribution in [0.5, 0.6) is 5.75 Å². The van der Waals surface area contributed by atoms with E-state index in [-0.39, 0.29) is 16.7 Å². The Morgan fingerprint density at radius 3 is 1.88 bits per heavy atom. The quantitative estimate of drug-likeness (QED) is 0.713. The van der Waals surface area contributed by atoms with Gasteiger partial charge in [-0.1, -0.05) is 60.2 Å². The fourth-order valence-electron chi connectivity index (χ4n) is 2.38. The average Bonchev–Trinajstić information content (AvgIpc) is 2.92. The molecule has 1 amide bonds. The summed E-state index contributed by atoms with van der Waals surface area (Å²) >= 11 is 1.33. The van der Waals surface area contributed by atoms with Gasteiger partial charge in [0.25, 0.3) is 5.91 Å². The van der Waals surface area contributed by atoms with Gasteiger partial charge in [0, 0.05) is 11.1 Å². The molecular formula is C21H32N2O2S. The van der Waals surface area contributed by atoms with E-state index in [0.29, 0.717) is 10.7 Å². The summed E-state index contributed by atoms with van der Waals surface area (Å²) in [6.07, 6.45) is 2.95. The molecule has 1 aromatic rings. The van der Waals surface area contributed by atoms with Crippen molar-refractivity contribution in [1.29, 1.82) is 0 Å². The minimum Gasteiger partial charge on any atom is -0.507 e. The predicted molar refractivity (Wildman–Crippen MR) is 114 cm³/mol. The van der Waals surface area contributed by atoms with Crippen LogP contribution < -0.4 is 5.73 Å². The maximum atomic E-state index is 11.7. The molecule has 3 N–H and O–H groups in total. The molecule has 0 fully saturated rings. The topological polar surface area (TPSA) is 75.7 Å². The van der Waals surface area contributed by atoms with Crippen LogP contribution in [0.3, 0.4) is 0 Å². The largest absolute Gasteiger partial charge is 0.507 e. The van der Waals surface area contributed by atoms with E-state index in [4.69, 9.17) is 5.73 Å². The van der Waals surface area contributed by atoms with E-state index in [1.54, 1.807) is 5.55 Å². The molecule has 1 aromatic carbocycles. The number of amides is 1. The number of aromatic hydroxyl groups is 1. The number of phenols is 1. The predicted octanol–water partition coefficient (Wildman–Crippen LogP) is 4.98. The molecule has 0 bridgehead atoms. The smallest absolute Gasteiger partial charge is 0.284 e. The van der Waals surface area contributed by atoms with Gasteiger partial charge in [-0.25, -0.2) is 4.99 Å². The van der Waals surface area contributed by atoms with E-state index in [1.165, 1.54) is 11.8 Å². The van der Waals surface area contributed by atoms with E-state index in [9.17, 15) is 9.90 Å². The van der Waals surface area contributed by atoms with Gasteiger partial charge in [0.15, 0.2) is 0 Å². The van der Waals surface area contributed by atoms with Gasteiger partial charge in [-0.3, -0.25) is 4.79 Å². The number of thioether (sulfide) groups is 1. The van der Waals surface area contributed by atoms with Crippen molar-refractivity contribution < 1.29 is 9.90 Å². The lowest BCUT2D eigenvalue weighted by atomic mass is 9.78. The first-order chi connectivity index (χ1) is 11.9. The number of nitrogens with zero attached hydrogens (tertiary/aromatic N) is 1. The SMILES string of the molecule is CC(C)(C)c1cc(/C=C2\SC=NC2=O)cc(C(C)(C)C)c1O.CCCN. The molecule has 0 atom stereocenters. The normalized spacial score (nSPS) is 16.0. The second kappa shape index (κ2) is 8.87. The maximum absolute atomic E-state index is 11.7. The van der Waals surface area contributed by atoms with Crippen LogP contribution in [0.1, 0.15) is 71.6 Å². The molecule has 2 rings (SSSR count). The Labute approximate surface area is 162 Å². The summed E-state index contributed by atoms with van der Waals surface area (Å²) in [6.45, 7) is 15.3. The lowest BCUT2D eigenvalue weighted by Gasteiger charge is -2.28. The third-order valence-electron chi connectivity index (χ3n) is 3.90. The van der Waals surface area contributed by atoms with Crippen LogP contribution in [0.2, 0.25) is 0 Å². The molecule has 0 saturated heterocycles. The van der Waals surface area contributed by atoms with E-state index in [1.807, 2.05) is 18.2 Å². The molecular weight excluding hydrogens is 344 g/mol. The van der Waals surface area contributed by atoms with Crippen LogP contribution >= 0.6 is 11.8 Å². The van der Waals surface area contributed by atoms with Gasteiger partial charge >= 0.3 is 0 Å². The van der Waals surface area contributed by atoms with Crippen LogP contribution in [0.25, 0.3) is 6.08 Å². The van der Waals surface area contributed by atoms with Gasteiger partial charge in [-0.2, -0.15) is 0 Å². The number of carbonyl (C=O) groups excluding carboxylic acids is 1. The van der Waals surface area contributed by atoms with Crippen molar-refractivity contribution in [2.45, 2.75) is 65.7 Å². The zero-order chi connectivity index (χ0) is 20.1. The van der Waals surface area contributed by atoms with Crippen LogP contribution in [0.4, 0.5) is 0 Å². The van der Waals surface area contributed by atoms with Crippen molar-refractivity contribution in [3.8, 4) is 5.75 Å². The number of hydrogen-bond acceptors (Lipinski definition) is 4. The van der Waals surface area contributed by atoms with E-state index in [0.717, 1.165) is 29.7 Å². The Kier molecular flexibility index (Phi) is 7.66. The second-order valence-electron chi connectivity index (χ2n) is 8.42. The number of rotatable bonds is 2. The third kappa shape index (κ3) is 5.99. The van der Waals surface area contributed by atoms with Crippen LogP contribution in [-0.2, 0) is 15.6 Å². The van der Waals surface area contributed by atoms with Crippen LogP contribution in [0.15, 0.2) is 22.0 Å². The van der Waals surface area contributed by atoms with Crippen LogP contribution in [-0.4, -0.2) is 23.1 Å². The van der Waals surface area contributed by atoms with Crippen molar-refractivity contribution in [3.63, 3.8) is 0 Å². The van der Waals surface area contributed by atoms with Crippen LogP contribution in [0, 0.1) is 0 Å². The van der Waals surface area contributed by atoms with Crippen molar-refractivity contribution in [2.75, 3.05) is 6.54 Å². The summed E-state index contributed by atoms with van der Waals surface area (Å²) in [5.74, 6) is 0.150. The lowest BCUT2D eigenvalue weighted by Crippen LogP contribution is -2.17. The molecule has 4 nitrogen and oxygen atoms in total. The molecule has 0 saturated carbocycles. The summed E-state index contributed by atoms with van der Waals surface area (Å²) in [4.78, 5) is 16.0. The summed E-state index contributed by atoms with van der Waals surface area (Å²) in [7, 11) is 0. The molecule has 0 aliphatic carbocycles. The highest BCUT2D eigenvalue weighted by Crippen LogP contribution is 2.40. The van der Waals surface area contributed by atoms with Crippen molar-refractivity contribution in [1.82, 2.24) is 0 Å². The van der Waals surface area contributed by atoms with Gasteiger partial charge in [-0.15, -0.1) is 0 Å². The Hall–Kier alpha value is -1.59. The first-order valence-corrected chi connectivity index (χ1v) is 9.83. The van der Waals surface area contributed by atoms with Gasteiger partial charge < -0.3 is 10.8 Å². The molecule has 5 heteroatoms. The number of aliphatic imine (C=N–C) groups is 1. The Morgan fingerprint density at radius 2 is 1.58 bits per heavy atom. The molecule has 0 spiro atoms. The van der Waals surface area contributed by atoms with Gasteiger partial charge in [0.2, 0.25) is 0 Å². The third-order valence-corrected chi connectivity index (χ3v) is 4.65. The summed E-state index contributed by atoms with van der Waals surface area (Å²) < 4.78 is 0. The monoisotopic (exact) mass is 376 g/mol. The molecule has 1 aliphatic rings.